The van der Waals surface area contributed by atoms with Crippen LogP contribution in [0, 0.1) is 17.3 Å². The molecule has 1 aliphatic heterocycles. The molecular formula is C25H24FN9O2. The summed E-state index contributed by atoms with van der Waals surface area (Å²) >= 11 is 0. The number of nitrogens with one attached hydrogen (secondary N) is 1. The van der Waals surface area contributed by atoms with Gasteiger partial charge in [-0.2, -0.15) is 10.3 Å². The van der Waals surface area contributed by atoms with Crippen molar-refractivity contribution in [3.05, 3.63) is 72.1 Å². The second kappa shape index (κ2) is 10.8. The zero-order valence-electron chi connectivity index (χ0n) is 20.0. The second-order valence-electron chi connectivity index (χ2n) is 8.29. The number of carbonyl (C=O) groups excluding carboxylic acids is 2. The summed E-state index contributed by atoms with van der Waals surface area (Å²) in [6.45, 7) is 6.06. The number of piperazine rings is 1. The number of halogens is 1. The van der Waals surface area contributed by atoms with Gasteiger partial charge in [0.25, 0.3) is 11.7 Å². The van der Waals surface area contributed by atoms with E-state index in [2.05, 4.69) is 26.7 Å². The maximum Gasteiger partial charge on any atom is 0.295 e. The molecule has 12 heteroatoms. The minimum absolute atomic E-state index is 0.0856. The molecule has 1 saturated heterocycles. The predicted molar refractivity (Wildman–Crippen MR) is 137 cm³/mol. The van der Waals surface area contributed by atoms with Crippen LogP contribution in [0.1, 0.15) is 22.8 Å². The van der Waals surface area contributed by atoms with Crippen molar-refractivity contribution in [3.8, 4) is 6.19 Å². The smallest absolute Gasteiger partial charge is 0.295 e. The lowest BCUT2D eigenvalue weighted by Gasteiger charge is -2.40. The molecule has 1 amide bonds. The molecule has 0 radical (unpaired) electrons. The van der Waals surface area contributed by atoms with E-state index in [1.807, 2.05) is 41.4 Å². The first-order chi connectivity index (χ1) is 17.9. The van der Waals surface area contributed by atoms with Crippen LogP contribution in [-0.4, -0.2) is 69.7 Å². The van der Waals surface area contributed by atoms with Crippen LogP contribution in [0.25, 0.3) is 10.9 Å². The lowest BCUT2D eigenvalue weighted by Crippen LogP contribution is -2.57. The van der Waals surface area contributed by atoms with Crippen LogP contribution in [0.4, 0.5) is 10.2 Å². The Morgan fingerprint density at radius 1 is 1.35 bits per heavy atom. The minimum Gasteiger partial charge on any atom is -0.357 e. The SMILES string of the molecule is C=N/C=C\N(N)c1ncc(F)c2c(C(=O)C(=O)N3CCN(/C(=N/C#N)c4ccccc4)C[C@@H]3C)c[nH]c12. The molecule has 3 aromatic rings. The number of amidine groups is 1. The Kier molecular flexibility index (Phi) is 7.36. The van der Waals surface area contributed by atoms with Crippen molar-refractivity contribution in [2.24, 2.45) is 15.8 Å². The third-order valence-electron chi connectivity index (χ3n) is 6.03. The van der Waals surface area contributed by atoms with Gasteiger partial charge in [-0.25, -0.2) is 15.2 Å². The molecule has 3 heterocycles. The number of H-pyrrole nitrogens is 1. The van der Waals surface area contributed by atoms with Crippen molar-refractivity contribution in [1.29, 1.82) is 5.26 Å². The lowest BCUT2D eigenvalue weighted by molar-refractivity contribution is -0.130. The highest BCUT2D eigenvalue weighted by Gasteiger charge is 2.34. The molecule has 37 heavy (non-hydrogen) atoms. The molecule has 0 bridgehead atoms. The molecule has 3 N–H and O–H groups in total. The molecular weight excluding hydrogens is 477 g/mol. The van der Waals surface area contributed by atoms with Crippen LogP contribution in [0.15, 0.2) is 65.1 Å². The average Bonchev–Trinajstić information content (AvgIpc) is 3.36. The van der Waals surface area contributed by atoms with E-state index >= 15 is 0 Å². The van der Waals surface area contributed by atoms with E-state index in [0.717, 1.165) is 16.8 Å². The number of hydrogen-bond donors (Lipinski definition) is 2. The number of amides is 1. The van der Waals surface area contributed by atoms with Gasteiger partial charge in [0.05, 0.1) is 22.7 Å². The lowest BCUT2D eigenvalue weighted by atomic mass is 10.1. The molecule has 188 valence electrons. The summed E-state index contributed by atoms with van der Waals surface area (Å²) in [6.07, 6.45) is 6.73. The number of pyridine rings is 1. The van der Waals surface area contributed by atoms with Gasteiger partial charge in [-0.05, 0) is 13.6 Å². The summed E-state index contributed by atoms with van der Waals surface area (Å²) in [4.78, 5) is 44.2. The number of benzene rings is 1. The molecule has 2 aromatic heterocycles. The Bertz CT molecular complexity index is 1440. The van der Waals surface area contributed by atoms with Crippen molar-refractivity contribution in [3.63, 3.8) is 0 Å². The third kappa shape index (κ3) is 4.93. The molecule has 0 aliphatic carbocycles. The zero-order valence-corrected chi connectivity index (χ0v) is 20.0. The Labute approximate surface area is 212 Å². The second-order valence-corrected chi connectivity index (χ2v) is 8.29. The number of carbonyl (C=O) groups is 2. The van der Waals surface area contributed by atoms with Crippen LogP contribution in [0.5, 0.6) is 0 Å². The highest BCUT2D eigenvalue weighted by molar-refractivity contribution is 6.45. The molecule has 0 saturated carbocycles. The number of fused-ring (bicyclic) bond motifs is 1. The van der Waals surface area contributed by atoms with Crippen LogP contribution < -0.4 is 10.9 Å². The summed E-state index contributed by atoms with van der Waals surface area (Å²) in [7, 11) is 0. The van der Waals surface area contributed by atoms with E-state index in [1.165, 1.54) is 23.5 Å². The fraction of sp³-hybridized carbons (Fsp3) is 0.200. The number of aromatic nitrogens is 2. The standard InChI is InChI=1S/C25H24FN9O2/c1-16-14-33(23(32-15-27)17-6-4-3-5-7-17)10-11-34(16)25(37)22(36)18-12-30-21-20(18)19(26)13-31-24(21)35(28)9-8-29-2/h3-9,12-13,16,30H,2,10-11,14,28H2,1H3/b9-8-,32-23+/t16-/m0/s1. The first kappa shape index (κ1) is 25.2. The third-order valence-corrected chi connectivity index (χ3v) is 6.03. The van der Waals surface area contributed by atoms with Gasteiger partial charge in [-0.1, -0.05) is 30.3 Å². The maximum atomic E-state index is 14.8. The van der Waals surface area contributed by atoms with Gasteiger partial charge in [0.1, 0.15) is 5.84 Å². The Morgan fingerprint density at radius 3 is 2.78 bits per heavy atom. The average molecular weight is 502 g/mol. The van der Waals surface area contributed by atoms with Gasteiger partial charge >= 0.3 is 0 Å². The van der Waals surface area contributed by atoms with Gasteiger partial charge in [-0.3, -0.25) is 19.6 Å². The molecule has 1 aromatic carbocycles. The summed E-state index contributed by atoms with van der Waals surface area (Å²) in [5.74, 6) is 4.18. The number of nitrogens with two attached hydrogens (primary N) is 1. The maximum absolute atomic E-state index is 14.8. The van der Waals surface area contributed by atoms with E-state index in [-0.39, 0.29) is 34.9 Å². The normalized spacial score (nSPS) is 16.2. The van der Waals surface area contributed by atoms with Gasteiger partial charge in [-0.15, -0.1) is 0 Å². The number of nitriles is 1. The van der Waals surface area contributed by atoms with Crippen LogP contribution in [0.3, 0.4) is 0 Å². The van der Waals surface area contributed by atoms with Crippen LogP contribution in [-0.2, 0) is 4.79 Å². The molecule has 0 spiro atoms. The molecule has 0 unspecified atom stereocenters. The largest absolute Gasteiger partial charge is 0.357 e. The Morgan fingerprint density at radius 2 is 2.11 bits per heavy atom. The number of hydrogen-bond acceptors (Lipinski definition) is 8. The van der Waals surface area contributed by atoms with Gasteiger partial charge in [0.2, 0.25) is 6.19 Å². The molecule has 4 rings (SSSR count). The number of ketones is 1. The van der Waals surface area contributed by atoms with E-state index in [9.17, 15) is 19.2 Å². The number of aromatic amines is 1. The Hall–Kier alpha value is -4.89. The predicted octanol–water partition coefficient (Wildman–Crippen LogP) is 2.20. The van der Waals surface area contributed by atoms with Gasteiger partial charge < -0.3 is 14.8 Å². The number of aliphatic imine (C=N–C) groups is 2. The first-order valence-corrected chi connectivity index (χ1v) is 11.3. The van der Waals surface area contributed by atoms with Crippen molar-refractivity contribution >= 4 is 41.0 Å². The Balaban J connectivity index is 1.57. The van der Waals surface area contributed by atoms with E-state index in [4.69, 9.17) is 5.84 Å². The molecule has 1 aliphatic rings. The van der Waals surface area contributed by atoms with Crippen molar-refractivity contribution in [1.82, 2.24) is 19.8 Å². The van der Waals surface area contributed by atoms with Gasteiger partial charge in [0, 0.05) is 49.8 Å². The molecule has 1 atom stereocenters. The van der Waals surface area contributed by atoms with E-state index in [1.54, 1.807) is 6.92 Å². The van der Waals surface area contributed by atoms with Gasteiger partial charge in [0.15, 0.2) is 11.6 Å². The van der Waals surface area contributed by atoms with Crippen molar-refractivity contribution in [2.45, 2.75) is 13.0 Å². The zero-order chi connectivity index (χ0) is 26.5. The summed E-state index contributed by atoms with van der Waals surface area (Å²) in [5, 5.41) is 10.2. The number of rotatable bonds is 6. The highest BCUT2D eigenvalue weighted by Crippen LogP contribution is 2.29. The molecule has 1 fully saturated rings. The molecule has 11 nitrogen and oxygen atoms in total. The quantitative estimate of drug-likeness (QED) is 0.100. The number of Topliss-reactive ketones (excluding diaryl/α,β-unsaturated/α-hetero) is 1. The van der Waals surface area contributed by atoms with Crippen LogP contribution >= 0.6 is 0 Å². The minimum atomic E-state index is -0.858. The summed E-state index contributed by atoms with van der Waals surface area (Å²) < 4.78 is 14.8. The van der Waals surface area contributed by atoms with E-state index < -0.39 is 17.5 Å². The summed E-state index contributed by atoms with van der Waals surface area (Å²) in [5.41, 5.74) is 0.815. The van der Waals surface area contributed by atoms with Crippen molar-refractivity contribution in [2.75, 3.05) is 24.6 Å². The first-order valence-electron chi connectivity index (χ1n) is 11.3. The fourth-order valence-corrected chi connectivity index (χ4v) is 4.31. The van der Waals surface area contributed by atoms with E-state index in [0.29, 0.717) is 18.9 Å². The summed E-state index contributed by atoms with van der Waals surface area (Å²) in [6, 6.07) is 8.89. The number of anilines is 1. The number of nitrogens with zero attached hydrogens (tertiary/aromatic N) is 7. The topological polar surface area (TPSA) is 147 Å². The number of hydrazine groups is 1. The fourth-order valence-electron chi connectivity index (χ4n) is 4.31. The van der Waals surface area contributed by atoms with Crippen LogP contribution in [0.2, 0.25) is 0 Å². The highest BCUT2D eigenvalue weighted by atomic mass is 19.1. The monoisotopic (exact) mass is 501 g/mol. The van der Waals surface area contributed by atoms with Crippen molar-refractivity contribution < 1.29 is 14.0 Å².